The first-order valence-electron chi connectivity index (χ1n) is 6.81. The van der Waals surface area contributed by atoms with Crippen LogP contribution in [0.5, 0.6) is 0 Å². The van der Waals surface area contributed by atoms with Crippen LogP contribution in [0, 0.1) is 5.82 Å². The second kappa shape index (κ2) is 5.70. The minimum absolute atomic E-state index is 0.470. The van der Waals surface area contributed by atoms with Crippen molar-refractivity contribution in [3.63, 3.8) is 0 Å². The van der Waals surface area contributed by atoms with Crippen molar-refractivity contribution in [2.75, 3.05) is 13.2 Å². The van der Waals surface area contributed by atoms with Gasteiger partial charge in [0.25, 0.3) is 5.92 Å². The number of ether oxygens (including phenoxy) is 2. The fraction of sp³-hybridized carbons (Fsp3) is 0.312. The molecule has 0 aliphatic carbocycles. The summed E-state index contributed by atoms with van der Waals surface area (Å²) in [6, 6.07) is 5.39. The van der Waals surface area contributed by atoms with Crippen LogP contribution in [0.2, 0.25) is 0 Å². The maximum absolute atomic E-state index is 13.9. The number of halogens is 3. The molecular weight excluding hydrogens is 295 g/mol. The Bertz CT molecular complexity index is 679. The predicted molar refractivity (Wildman–Crippen MR) is 73.8 cm³/mol. The maximum Gasteiger partial charge on any atom is 0.273 e. The molecule has 0 unspecified atom stereocenters. The third-order valence-electron chi connectivity index (χ3n) is 3.43. The molecule has 0 saturated carbocycles. The summed E-state index contributed by atoms with van der Waals surface area (Å²) in [4.78, 5) is 4.08. The lowest BCUT2D eigenvalue weighted by molar-refractivity contribution is -0.0443. The number of rotatable bonds is 3. The molecule has 22 heavy (non-hydrogen) atoms. The lowest BCUT2D eigenvalue weighted by Gasteiger charge is -2.13. The molecule has 116 valence electrons. The Kier molecular flexibility index (Phi) is 3.88. The highest BCUT2D eigenvalue weighted by atomic mass is 19.3. The van der Waals surface area contributed by atoms with Crippen molar-refractivity contribution in [3.8, 4) is 11.1 Å². The van der Waals surface area contributed by atoms with Crippen molar-refractivity contribution in [3.05, 3.63) is 53.6 Å². The Morgan fingerprint density at radius 1 is 1.09 bits per heavy atom. The van der Waals surface area contributed by atoms with Gasteiger partial charge in [-0.25, -0.2) is 13.2 Å². The van der Waals surface area contributed by atoms with E-state index in [1.54, 1.807) is 12.3 Å². The average Bonchev–Trinajstić information content (AvgIpc) is 3.00. The Labute approximate surface area is 125 Å². The second-order valence-electron chi connectivity index (χ2n) is 5.16. The smallest absolute Gasteiger partial charge is 0.273 e. The monoisotopic (exact) mass is 309 g/mol. The SMILES string of the molecule is CC(F)(F)c1ccc(-c2cncc(C3OCCO3)c2)cc1F. The number of nitrogens with zero attached hydrogens (tertiary/aromatic N) is 1. The molecule has 1 aliphatic heterocycles. The van der Waals surface area contributed by atoms with Gasteiger partial charge in [0.05, 0.1) is 18.8 Å². The second-order valence-corrected chi connectivity index (χ2v) is 5.16. The molecule has 1 aliphatic rings. The average molecular weight is 309 g/mol. The third-order valence-corrected chi connectivity index (χ3v) is 3.43. The largest absolute Gasteiger partial charge is 0.346 e. The molecule has 0 amide bonds. The Morgan fingerprint density at radius 2 is 1.82 bits per heavy atom. The molecule has 1 saturated heterocycles. The number of hydrogen-bond donors (Lipinski definition) is 0. The number of aromatic nitrogens is 1. The number of benzene rings is 1. The molecular formula is C16H14F3NO2. The van der Waals surface area contributed by atoms with Crippen LogP contribution in [0.25, 0.3) is 11.1 Å². The first-order valence-corrected chi connectivity index (χ1v) is 6.81. The van der Waals surface area contributed by atoms with Crippen molar-refractivity contribution in [2.45, 2.75) is 19.1 Å². The normalized spacial score (nSPS) is 16.2. The first-order chi connectivity index (χ1) is 10.4. The minimum atomic E-state index is -3.21. The van der Waals surface area contributed by atoms with Gasteiger partial charge in [-0.05, 0) is 23.8 Å². The zero-order valence-electron chi connectivity index (χ0n) is 11.9. The van der Waals surface area contributed by atoms with Gasteiger partial charge in [0.15, 0.2) is 6.29 Å². The van der Waals surface area contributed by atoms with Crippen molar-refractivity contribution < 1.29 is 22.6 Å². The predicted octanol–water partition coefficient (Wildman–Crippen LogP) is 4.04. The van der Waals surface area contributed by atoms with Crippen LogP contribution < -0.4 is 0 Å². The summed E-state index contributed by atoms with van der Waals surface area (Å²) in [7, 11) is 0. The molecule has 3 nitrogen and oxygen atoms in total. The van der Waals surface area contributed by atoms with Crippen molar-refractivity contribution in [1.82, 2.24) is 4.98 Å². The fourth-order valence-corrected chi connectivity index (χ4v) is 2.35. The molecule has 0 atom stereocenters. The van der Waals surface area contributed by atoms with E-state index in [0.29, 0.717) is 36.8 Å². The van der Waals surface area contributed by atoms with Gasteiger partial charge >= 0.3 is 0 Å². The van der Waals surface area contributed by atoms with Gasteiger partial charge in [-0.3, -0.25) is 4.98 Å². The maximum atomic E-state index is 13.9. The molecule has 1 aromatic heterocycles. The minimum Gasteiger partial charge on any atom is -0.346 e. The molecule has 3 rings (SSSR count). The van der Waals surface area contributed by atoms with Crippen LogP contribution in [-0.4, -0.2) is 18.2 Å². The number of hydrogen-bond acceptors (Lipinski definition) is 3. The highest BCUT2D eigenvalue weighted by molar-refractivity contribution is 5.63. The topological polar surface area (TPSA) is 31.4 Å². The fourth-order valence-electron chi connectivity index (χ4n) is 2.35. The zero-order valence-corrected chi connectivity index (χ0v) is 11.9. The zero-order chi connectivity index (χ0) is 15.7. The van der Waals surface area contributed by atoms with Gasteiger partial charge in [0, 0.05) is 30.4 Å². The van der Waals surface area contributed by atoms with Crippen LogP contribution in [0.15, 0.2) is 36.7 Å². The van der Waals surface area contributed by atoms with Crippen molar-refractivity contribution in [2.24, 2.45) is 0 Å². The van der Waals surface area contributed by atoms with E-state index in [-0.39, 0.29) is 0 Å². The first kappa shape index (κ1) is 15.0. The molecule has 0 N–H and O–H groups in total. The van der Waals surface area contributed by atoms with E-state index < -0.39 is 23.6 Å². The molecule has 2 aromatic rings. The highest BCUT2D eigenvalue weighted by Crippen LogP contribution is 2.32. The molecule has 2 heterocycles. The van der Waals surface area contributed by atoms with Gasteiger partial charge in [-0.1, -0.05) is 6.07 Å². The molecule has 1 fully saturated rings. The van der Waals surface area contributed by atoms with E-state index >= 15 is 0 Å². The highest BCUT2D eigenvalue weighted by Gasteiger charge is 2.28. The molecule has 0 spiro atoms. The van der Waals surface area contributed by atoms with Crippen LogP contribution >= 0.6 is 0 Å². The van der Waals surface area contributed by atoms with Crippen molar-refractivity contribution >= 4 is 0 Å². The van der Waals surface area contributed by atoms with E-state index in [0.717, 1.165) is 12.1 Å². The molecule has 1 aromatic carbocycles. The van der Waals surface area contributed by atoms with Crippen LogP contribution in [0.3, 0.4) is 0 Å². The summed E-state index contributed by atoms with van der Waals surface area (Å²) < 4.78 is 51.1. The summed E-state index contributed by atoms with van der Waals surface area (Å²) in [6.07, 6.45) is 2.65. The van der Waals surface area contributed by atoms with Gasteiger partial charge in [-0.15, -0.1) is 0 Å². The van der Waals surface area contributed by atoms with Crippen molar-refractivity contribution in [1.29, 1.82) is 0 Å². The standard InChI is InChI=1S/C16H14F3NO2/c1-16(18,19)13-3-2-10(7-14(13)17)11-6-12(9-20-8-11)15-21-4-5-22-15/h2-3,6-9,15H,4-5H2,1H3. The number of alkyl halides is 2. The molecule has 0 radical (unpaired) electrons. The number of pyridine rings is 1. The third kappa shape index (κ3) is 2.98. The van der Waals surface area contributed by atoms with Crippen LogP contribution in [-0.2, 0) is 15.4 Å². The van der Waals surface area contributed by atoms with Gasteiger partial charge < -0.3 is 9.47 Å². The lowest BCUT2D eigenvalue weighted by Crippen LogP contribution is -2.09. The summed E-state index contributed by atoms with van der Waals surface area (Å²) in [6.45, 7) is 1.68. The Hall–Kier alpha value is -1.92. The van der Waals surface area contributed by atoms with Gasteiger partial charge in [0.2, 0.25) is 0 Å². The van der Waals surface area contributed by atoms with Gasteiger partial charge in [0.1, 0.15) is 5.82 Å². The van der Waals surface area contributed by atoms with E-state index in [1.165, 1.54) is 12.3 Å². The van der Waals surface area contributed by atoms with Crippen LogP contribution in [0.1, 0.15) is 24.3 Å². The quantitative estimate of drug-likeness (QED) is 0.857. The van der Waals surface area contributed by atoms with Gasteiger partial charge in [-0.2, -0.15) is 0 Å². The van der Waals surface area contributed by atoms with E-state index in [9.17, 15) is 13.2 Å². The summed E-state index contributed by atoms with van der Waals surface area (Å²) >= 11 is 0. The van der Waals surface area contributed by atoms with E-state index in [1.807, 2.05) is 0 Å². The Balaban J connectivity index is 1.94. The summed E-state index contributed by atoms with van der Waals surface area (Å²) in [5.74, 6) is -4.16. The molecule has 6 heteroatoms. The Morgan fingerprint density at radius 3 is 2.45 bits per heavy atom. The van der Waals surface area contributed by atoms with Crippen LogP contribution in [0.4, 0.5) is 13.2 Å². The summed E-state index contributed by atoms with van der Waals surface area (Å²) in [5, 5.41) is 0. The summed E-state index contributed by atoms with van der Waals surface area (Å²) in [5.41, 5.74) is 1.17. The van der Waals surface area contributed by atoms with E-state index in [2.05, 4.69) is 4.98 Å². The van der Waals surface area contributed by atoms with E-state index in [4.69, 9.17) is 9.47 Å². The molecule has 0 bridgehead atoms. The lowest BCUT2D eigenvalue weighted by atomic mass is 10.0.